The average Bonchev–Trinajstić information content (AvgIpc) is 3.24. The van der Waals surface area contributed by atoms with Gasteiger partial charge in [0, 0.05) is 35.7 Å². The van der Waals surface area contributed by atoms with E-state index in [1.54, 1.807) is 6.07 Å². The summed E-state index contributed by atoms with van der Waals surface area (Å²) in [7, 11) is 0. The summed E-state index contributed by atoms with van der Waals surface area (Å²) in [6.45, 7) is 8.09. The van der Waals surface area contributed by atoms with E-state index in [0.717, 1.165) is 61.6 Å². The smallest absolute Gasteiger partial charge is 0.309 e. The lowest BCUT2D eigenvalue weighted by Crippen LogP contribution is -2.58. The Hall–Kier alpha value is -2.42. The molecule has 1 aromatic carbocycles. The molecule has 3 fully saturated rings. The molecule has 0 radical (unpaired) electrons. The van der Waals surface area contributed by atoms with Crippen molar-refractivity contribution < 1.29 is 9.90 Å². The topological polar surface area (TPSA) is 87.4 Å². The van der Waals surface area contributed by atoms with Crippen molar-refractivity contribution in [2.24, 2.45) is 17.3 Å². The van der Waals surface area contributed by atoms with E-state index in [1.165, 1.54) is 12.8 Å². The van der Waals surface area contributed by atoms with Crippen LogP contribution in [0.5, 0.6) is 0 Å². The number of aromatic nitrogens is 4. The van der Waals surface area contributed by atoms with E-state index >= 15 is 0 Å². The first kappa shape index (κ1) is 24.9. The van der Waals surface area contributed by atoms with Crippen molar-refractivity contribution in [2.45, 2.75) is 51.6 Å². The van der Waals surface area contributed by atoms with Crippen molar-refractivity contribution in [1.29, 1.82) is 0 Å². The third-order valence-electron chi connectivity index (χ3n) is 8.88. The average molecular weight is 543 g/mol. The highest BCUT2D eigenvalue weighted by Gasteiger charge is 2.49. The van der Waals surface area contributed by atoms with Crippen molar-refractivity contribution in [3.8, 4) is 0 Å². The van der Waals surface area contributed by atoms with Crippen molar-refractivity contribution in [3.63, 3.8) is 0 Å². The van der Waals surface area contributed by atoms with Crippen LogP contribution in [0, 0.1) is 17.3 Å². The number of hydrogen-bond acceptors (Lipinski definition) is 6. The largest absolute Gasteiger partial charge is 0.481 e. The van der Waals surface area contributed by atoms with Crippen LogP contribution in [-0.4, -0.2) is 68.2 Å². The van der Waals surface area contributed by atoms with E-state index in [1.807, 2.05) is 42.8 Å². The molecule has 1 saturated carbocycles. The van der Waals surface area contributed by atoms with Gasteiger partial charge in [-0.3, -0.25) is 4.79 Å². The number of hydrogen-bond donors (Lipinski definition) is 1. The molecule has 0 amide bonds. The molecule has 6 rings (SSSR count). The fraction of sp³-hybridized carbons (Fsp3) is 0.556. The summed E-state index contributed by atoms with van der Waals surface area (Å²) in [4.78, 5) is 21.4. The normalized spacial score (nSPS) is 27.6. The van der Waals surface area contributed by atoms with E-state index in [2.05, 4.69) is 20.1 Å². The molecule has 2 saturated heterocycles. The predicted molar refractivity (Wildman–Crippen MR) is 144 cm³/mol. The van der Waals surface area contributed by atoms with E-state index in [4.69, 9.17) is 28.2 Å². The molecule has 1 aliphatic carbocycles. The fourth-order valence-corrected chi connectivity index (χ4v) is 6.96. The molecule has 3 aromatic rings. The number of benzene rings is 1. The van der Waals surface area contributed by atoms with Crippen LogP contribution in [0.4, 0.5) is 5.82 Å². The molecule has 196 valence electrons. The summed E-state index contributed by atoms with van der Waals surface area (Å²) in [6, 6.07) is 9.81. The van der Waals surface area contributed by atoms with Crippen LogP contribution in [0.25, 0.3) is 11.2 Å². The maximum atomic E-state index is 11.5. The molecular formula is C27H32Cl2N6O2. The van der Waals surface area contributed by atoms with Crippen molar-refractivity contribution in [1.82, 2.24) is 24.9 Å². The minimum atomic E-state index is -0.654. The van der Waals surface area contributed by atoms with Gasteiger partial charge in [0.25, 0.3) is 0 Å². The second kappa shape index (κ2) is 9.40. The molecule has 2 aliphatic heterocycles. The van der Waals surface area contributed by atoms with Crippen LogP contribution >= 0.6 is 23.2 Å². The number of halogens is 2. The Labute approximate surface area is 226 Å². The van der Waals surface area contributed by atoms with Crippen molar-refractivity contribution >= 4 is 46.2 Å². The number of anilines is 1. The second-order valence-electron chi connectivity index (χ2n) is 11.4. The first-order valence-corrected chi connectivity index (χ1v) is 13.9. The van der Waals surface area contributed by atoms with Crippen LogP contribution in [-0.2, 0) is 4.79 Å². The lowest BCUT2D eigenvalue weighted by molar-refractivity contribution is -0.158. The Kier molecular flexibility index (Phi) is 6.32. The van der Waals surface area contributed by atoms with Gasteiger partial charge in [-0.25, -0.2) is 9.67 Å². The number of pyridine rings is 1. The van der Waals surface area contributed by atoms with Crippen LogP contribution in [0.3, 0.4) is 0 Å². The van der Waals surface area contributed by atoms with Gasteiger partial charge < -0.3 is 14.9 Å². The Balaban J connectivity index is 1.11. The van der Waals surface area contributed by atoms with Gasteiger partial charge in [0.2, 0.25) is 0 Å². The first-order valence-electron chi connectivity index (χ1n) is 13.1. The molecule has 8 nitrogen and oxygen atoms in total. The molecule has 4 heterocycles. The van der Waals surface area contributed by atoms with Crippen LogP contribution < -0.4 is 4.90 Å². The minimum absolute atomic E-state index is 0.135. The number of nitrogens with zero attached hydrogens (tertiary/aromatic N) is 6. The lowest BCUT2D eigenvalue weighted by Gasteiger charge is -2.52. The summed E-state index contributed by atoms with van der Waals surface area (Å²) in [6.07, 6.45) is 4.00. The number of piperidine rings is 1. The maximum absolute atomic E-state index is 11.5. The van der Waals surface area contributed by atoms with Gasteiger partial charge >= 0.3 is 5.97 Å². The zero-order valence-electron chi connectivity index (χ0n) is 21.1. The summed E-state index contributed by atoms with van der Waals surface area (Å²) >= 11 is 12.5. The Morgan fingerprint density at radius 3 is 2.65 bits per heavy atom. The molecular weight excluding hydrogens is 511 g/mol. The third-order valence-corrected chi connectivity index (χ3v) is 9.44. The third kappa shape index (κ3) is 4.47. The zero-order valence-corrected chi connectivity index (χ0v) is 22.7. The van der Waals surface area contributed by atoms with Gasteiger partial charge in [0.1, 0.15) is 11.3 Å². The maximum Gasteiger partial charge on any atom is 0.309 e. The molecule has 0 bridgehead atoms. The monoisotopic (exact) mass is 542 g/mol. The van der Waals surface area contributed by atoms with E-state index in [9.17, 15) is 9.90 Å². The highest BCUT2D eigenvalue weighted by atomic mass is 35.5. The van der Waals surface area contributed by atoms with E-state index < -0.39 is 11.4 Å². The zero-order chi connectivity index (χ0) is 25.9. The Morgan fingerprint density at radius 2 is 1.92 bits per heavy atom. The van der Waals surface area contributed by atoms with Gasteiger partial charge in [0.05, 0.1) is 11.5 Å². The van der Waals surface area contributed by atoms with Crippen LogP contribution in [0.2, 0.25) is 10.0 Å². The number of fused-ring (bicyclic) bond motifs is 1. The number of likely N-dealkylation sites (tertiary alicyclic amines) is 1. The summed E-state index contributed by atoms with van der Waals surface area (Å²) in [5, 5.41) is 19.4. The van der Waals surface area contributed by atoms with Gasteiger partial charge in [-0.15, -0.1) is 5.10 Å². The predicted octanol–water partition coefficient (Wildman–Crippen LogP) is 5.14. The van der Waals surface area contributed by atoms with Gasteiger partial charge in [-0.2, -0.15) is 0 Å². The molecule has 1 N–H and O–H groups in total. The Bertz CT molecular complexity index is 1330. The molecule has 10 heteroatoms. The molecule has 2 atom stereocenters. The Morgan fingerprint density at radius 1 is 1.14 bits per heavy atom. The van der Waals surface area contributed by atoms with Gasteiger partial charge in [0.15, 0.2) is 5.65 Å². The van der Waals surface area contributed by atoms with Crippen LogP contribution in [0.15, 0.2) is 30.3 Å². The summed E-state index contributed by atoms with van der Waals surface area (Å²) in [5.41, 5.74) is 1.89. The van der Waals surface area contributed by atoms with E-state index in [0.29, 0.717) is 27.9 Å². The van der Waals surface area contributed by atoms with Crippen molar-refractivity contribution in [2.75, 3.05) is 31.1 Å². The molecule has 3 aliphatic rings. The number of aliphatic carboxylic acids is 1. The SMILES string of the molecule is C[C@H](c1ccc(Cl)cc1Cl)n1nnc2ccc(N3CC([C@H]4CCCN(C5CC(C)(C(=O)O)C5)C4)C3)nc21. The number of carboxylic acid groups (broad SMARTS) is 1. The van der Waals surface area contributed by atoms with E-state index in [-0.39, 0.29) is 6.04 Å². The molecule has 37 heavy (non-hydrogen) atoms. The fourth-order valence-electron chi connectivity index (χ4n) is 6.39. The standard InChI is InChI=1S/C27H32Cl2N6O2/c1-16(21-6-5-19(28)10-22(21)29)35-25-23(31-32-35)7-8-24(30-25)34-14-18(15-34)17-4-3-9-33(13-17)20-11-27(2,12-20)26(36)37/h5-8,10,16-18,20H,3-4,9,11-15H2,1-2H3,(H,36,37)/t16-,17+,20?,27?/m1/s1. The van der Waals surface area contributed by atoms with Crippen LogP contribution in [0.1, 0.15) is 51.1 Å². The van der Waals surface area contributed by atoms with Gasteiger partial charge in [-0.1, -0.05) is 34.5 Å². The molecule has 0 unspecified atom stereocenters. The summed E-state index contributed by atoms with van der Waals surface area (Å²) < 4.78 is 1.83. The summed E-state index contributed by atoms with van der Waals surface area (Å²) in [5.74, 6) is 1.59. The molecule has 2 aromatic heterocycles. The minimum Gasteiger partial charge on any atom is -0.481 e. The number of carbonyl (C=O) groups is 1. The quantitative estimate of drug-likeness (QED) is 0.461. The lowest BCUT2D eigenvalue weighted by atomic mass is 9.65. The van der Waals surface area contributed by atoms with Crippen molar-refractivity contribution in [3.05, 3.63) is 45.9 Å². The molecule has 0 spiro atoms. The number of carboxylic acids is 1. The highest BCUT2D eigenvalue weighted by molar-refractivity contribution is 6.35. The second-order valence-corrected chi connectivity index (χ2v) is 12.2. The number of rotatable bonds is 6. The highest BCUT2D eigenvalue weighted by Crippen LogP contribution is 2.45. The van der Waals surface area contributed by atoms with Gasteiger partial charge in [-0.05, 0) is 87.7 Å². The first-order chi connectivity index (χ1) is 17.7.